The summed E-state index contributed by atoms with van der Waals surface area (Å²) in [4.78, 5) is 0.0741. The lowest BCUT2D eigenvalue weighted by molar-refractivity contribution is 0.168. The molecule has 4 nitrogen and oxygen atoms in total. The second-order valence-corrected chi connectivity index (χ2v) is 9.69. The van der Waals surface area contributed by atoms with Crippen molar-refractivity contribution in [3.63, 3.8) is 0 Å². The SMILES string of the molecule is C=C[C@H](COS(=O)(=O)c1ccc(C)cc1)Oc1c(/C=C\C)ccc(Cl)c1-c1ccccc1Cl. The molecule has 0 bridgehead atoms. The number of rotatable bonds is 9. The van der Waals surface area contributed by atoms with Gasteiger partial charge in [-0.25, -0.2) is 0 Å². The van der Waals surface area contributed by atoms with Crippen LogP contribution in [-0.4, -0.2) is 21.1 Å². The topological polar surface area (TPSA) is 52.6 Å². The highest BCUT2D eigenvalue weighted by atomic mass is 35.5. The Morgan fingerprint density at radius 2 is 1.70 bits per heavy atom. The maximum atomic E-state index is 12.6. The van der Waals surface area contributed by atoms with Crippen molar-refractivity contribution in [3.8, 4) is 16.9 Å². The molecule has 0 radical (unpaired) electrons. The van der Waals surface area contributed by atoms with Gasteiger partial charge >= 0.3 is 0 Å². The monoisotopic (exact) mass is 502 g/mol. The summed E-state index contributed by atoms with van der Waals surface area (Å²) < 4.78 is 36.7. The summed E-state index contributed by atoms with van der Waals surface area (Å²) in [5.74, 6) is 0.454. The number of allylic oxidation sites excluding steroid dienone is 1. The van der Waals surface area contributed by atoms with E-state index in [9.17, 15) is 8.42 Å². The minimum atomic E-state index is -3.96. The Morgan fingerprint density at radius 3 is 2.33 bits per heavy atom. The third-order valence-corrected chi connectivity index (χ3v) is 6.80. The van der Waals surface area contributed by atoms with E-state index in [0.29, 0.717) is 26.9 Å². The second-order valence-electron chi connectivity index (χ2n) is 7.26. The highest BCUT2D eigenvalue weighted by Crippen LogP contribution is 2.43. The van der Waals surface area contributed by atoms with Crippen molar-refractivity contribution in [2.75, 3.05) is 6.61 Å². The van der Waals surface area contributed by atoms with Gasteiger partial charge in [0.15, 0.2) is 0 Å². The van der Waals surface area contributed by atoms with E-state index in [1.807, 2.05) is 50.3 Å². The molecule has 0 heterocycles. The van der Waals surface area contributed by atoms with E-state index in [1.54, 1.807) is 24.3 Å². The van der Waals surface area contributed by atoms with E-state index in [2.05, 4.69) is 6.58 Å². The van der Waals surface area contributed by atoms with Crippen LogP contribution in [0.2, 0.25) is 10.0 Å². The van der Waals surface area contributed by atoms with Gasteiger partial charge in [-0.15, -0.1) is 0 Å². The van der Waals surface area contributed by atoms with E-state index in [4.69, 9.17) is 32.1 Å². The Bertz CT molecular complexity index is 1270. The molecule has 0 saturated carbocycles. The summed E-state index contributed by atoms with van der Waals surface area (Å²) in [5, 5.41) is 0.956. The third-order valence-electron chi connectivity index (χ3n) is 4.86. The minimum Gasteiger partial charge on any atom is -0.483 e. The number of aryl methyl sites for hydroxylation is 1. The molecule has 0 fully saturated rings. The van der Waals surface area contributed by atoms with Crippen molar-refractivity contribution >= 4 is 39.4 Å². The number of halogens is 2. The number of benzene rings is 3. The first kappa shape index (κ1) is 25.1. The van der Waals surface area contributed by atoms with Crippen LogP contribution < -0.4 is 4.74 Å². The van der Waals surface area contributed by atoms with Gasteiger partial charge < -0.3 is 4.74 Å². The second kappa shape index (κ2) is 11.0. The molecule has 3 rings (SSSR count). The van der Waals surface area contributed by atoms with Crippen LogP contribution in [-0.2, 0) is 14.3 Å². The van der Waals surface area contributed by atoms with E-state index in [-0.39, 0.29) is 11.5 Å². The Balaban J connectivity index is 1.95. The fourth-order valence-electron chi connectivity index (χ4n) is 3.16. The predicted molar refractivity (Wildman–Crippen MR) is 136 cm³/mol. The average molecular weight is 503 g/mol. The van der Waals surface area contributed by atoms with Crippen LogP contribution >= 0.6 is 23.2 Å². The van der Waals surface area contributed by atoms with Gasteiger partial charge in [-0.3, -0.25) is 4.18 Å². The summed E-state index contributed by atoms with van der Waals surface area (Å²) in [6, 6.07) is 17.3. The number of hydrogen-bond acceptors (Lipinski definition) is 4. The lowest BCUT2D eigenvalue weighted by Gasteiger charge is -2.21. The molecule has 172 valence electrons. The molecule has 3 aromatic rings. The fourth-order valence-corrected chi connectivity index (χ4v) is 4.56. The summed E-state index contributed by atoms with van der Waals surface area (Å²) in [7, 11) is -3.96. The van der Waals surface area contributed by atoms with Crippen LogP contribution in [0.3, 0.4) is 0 Å². The van der Waals surface area contributed by atoms with E-state index in [1.165, 1.54) is 18.2 Å². The molecule has 0 aliphatic rings. The Hall–Kier alpha value is -2.57. The molecule has 0 unspecified atom stereocenters. The van der Waals surface area contributed by atoms with Crippen LogP contribution in [0.4, 0.5) is 0 Å². The molecule has 0 saturated heterocycles. The summed E-state index contributed by atoms with van der Waals surface area (Å²) in [6.07, 6.45) is 4.46. The molecule has 1 atom stereocenters. The van der Waals surface area contributed by atoms with Crippen LogP contribution in [0.25, 0.3) is 17.2 Å². The van der Waals surface area contributed by atoms with E-state index in [0.717, 1.165) is 11.1 Å². The standard InChI is InChI=1S/C26H24Cl2O4S/c1-4-8-19-13-16-24(28)25(22-9-6-7-10-23(22)27)26(19)32-20(5-2)17-31-33(29,30)21-14-11-18(3)12-15-21/h4-16,20H,2,17H2,1,3H3/b8-4-/t20-/m1/s1. The lowest BCUT2D eigenvalue weighted by Crippen LogP contribution is -2.23. The fraction of sp³-hybridized carbons (Fsp3) is 0.154. The normalized spacial score (nSPS) is 12.6. The largest absolute Gasteiger partial charge is 0.483 e. The van der Waals surface area contributed by atoms with Gasteiger partial charge in [0.05, 0.1) is 9.92 Å². The molecule has 0 aromatic heterocycles. The Morgan fingerprint density at radius 1 is 1.00 bits per heavy atom. The average Bonchev–Trinajstić information content (AvgIpc) is 2.79. The van der Waals surface area contributed by atoms with E-state index < -0.39 is 16.2 Å². The Labute approximate surface area is 205 Å². The lowest BCUT2D eigenvalue weighted by atomic mass is 10.0. The third kappa shape index (κ3) is 6.06. The van der Waals surface area contributed by atoms with Crippen LogP contribution in [0.1, 0.15) is 18.1 Å². The summed E-state index contributed by atoms with van der Waals surface area (Å²) >= 11 is 13.0. The van der Waals surface area contributed by atoms with Crippen molar-refractivity contribution in [2.24, 2.45) is 0 Å². The summed E-state index contributed by atoms with van der Waals surface area (Å²) in [5.41, 5.74) is 3.00. The highest BCUT2D eigenvalue weighted by Gasteiger charge is 2.22. The molecular weight excluding hydrogens is 479 g/mol. The zero-order valence-corrected chi connectivity index (χ0v) is 20.6. The van der Waals surface area contributed by atoms with Crippen molar-refractivity contribution < 1.29 is 17.3 Å². The molecule has 0 aliphatic carbocycles. The molecule has 0 N–H and O–H groups in total. The van der Waals surface area contributed by atoms with Gasteiger partial charge in [0.25, 0.3) is 10.1 Å². The maximum absolute atomic E-state index is 12.6. The molecule has 3 aromatic carbocycles. The molecule has 0 spiro atoms. The number of hydrogen-bond donors (Lipinski definition) is 0. The number of ether oxygens (including phenoxy) is 1. The van der Waals surface area contributed by atoms with Crippen molar-refractivity contribution in [1.82, 2.24) is 0 Å². The predicted octanol–water partition coefficient (Wildman–Crippen LogP) is 7.34. The minimum absolute atomic E-state index is 0.0741. The molecule has 0 aliphatic heterocycles. The Kier molecular flexibility index (Phi) is 8.38. The highest BCUT2D eigenvalue weighted by molar-refractivity contribution is 7.86. The molecular formula is C26H24Cl2O4S. The van der Waals surface area contributed by atoms with Crippen LogP contribution in [0, 0.1) is 6.92 Å². The molecule has 7 heteroatoms. The zero-order chi connectivity index (χ0) is 24.0. The quantitative estimate of drug-likeness (QED) is 0.226. The van der Waals surface area contributed by atoms with E-state index >= 15 is 0 Å². The van der Waals surface area contributed by atoms with Crippen LogP contribution in [0.5, 0.6) is 5.75 Å². The molecule has 0 amide bonds. The van der Waals surface area contributed by atoms with Gasteiger partial charge in [0, 0.05) is 21.7 Å². The van der Waals surface area contributed by atoms with Crippen LogP contribution in [0.15, 0.2) is 84.3 Å². The van der Waals surface area contributed by atoms with Crippen molar-refractivity contribution in [2.45, 2.75) is 24.8 Å². The van der Waals surface area contributed by atoms with Gasteiger partial charge in [-0.1, -0.05) is 77.8 Å². The van der Waals surface area contributed by atoms with Crippen molar-refractivity contribution in [1.29, 1.82) is 0 Å². The van der Waals surface area contributed by atoms with Gasteiger partial charge in [-0.05, 0) is 50.3 Å². The first-order valence-electron chi connectivity index (χ1n) is 10.2. The first-order chi connectivity index (χ1) is 15.8. The maximum Gasteiger partial charge on any atom is 0.297 e. The summed E-state index contributed by atoms with van der Waals surface area (Å²) in [6.45, 7) is 7.29. The van der Waals surface area contributed by atoms with Gasteiger partial charge in [0.1, 0.15) is 18.5 Å². The van der Waals surface area contributed by atoms with Gasteiger partial charge in [0.2, 0.25) is 0 Å². The molecule has 33 heavy (non-hydrogen) atoms. The zero-order valence-electron chi connectivity index (χ0n) is 18.3. The van der Waals surface area contributed by atoms with Crippen molar-refractivity contribution in [3.05, 3.63) is 101 Å². The smallest absolute Gasteiger partial charge is 0.297 e. The first-order valence-corrected chi connectivity index (χ1v) is 12.4. The van der Waals surface area contributed by atoms with Gasteiger partial charge in [-0.2, -0.15) is 8.42 Å².